The number of hydrogen-bond acceptors (Lipinski definition) is 4. The monoisotopic (exact) mass is 355 g/mol. The molecule has 1 heterocycles. The summed E-state index contributed by atoms with van der Waals surface area (Å²) in [5.41, 5.74) is 2.32. The first kappa shape index (κ1) is 17.8. The molecule has 0 radical (unpaired) electrons. The highest BCUT2D eigenvalue weighted by atomic mass is 35.5. The van der Waals surface area contributed by atoms with Gasteiger partial charge in [0.05, 0.1) is 27.9 Å². The Hall–Kier alpha value is -1.52. The van der Waals surface area contributed by atoms with Gasteiger partial charge >= 0.3 is 5.97 Å². The molecular weight excluding hydrogens is 337 g/mol. The van der Waals surface area contributed by atoms with Crippen LogP contribution in [0, 0.1) is 19.8 Å². The molecule has 0 amide bonds. The minimum absolute atomic E-state index is 0.275. The molecule has 1 aromatic heterocycles. The lowest BCUT2D eigenvalue weighted by Crippen LogP contribution is -2.10. The maximum atomic E-state index is 12.3. The van der Waals surface area contributed by atoms with Gasteiger partial charge in [0.15, 0.2) is 5.76 Å². The highest BCUT2D eigenvalue weighted by Gasteiger charge is 2.22. The standard InChI is InChI=1S/C17H19Cl2NO3/c1-9(2)5-6-22-17(21)12-8-13(18)16(19)15(11(12)4)14-7-10(3)20-23-14/h7-9H,5-6H2,1-4H3. The molecule has 6 heteroatoms. The number of carbonyl (C=O) groups excluding carboxylic acids is 1. The van der Waals surface area contributed by atoms with Crippen molar-refractivity contribution in [3.8, 4) is 11.3 Å². The molecule has 1 aromatic carbocycles. The van der Waals surface area contributed by atoms with Crippen molar-refractivity contribution < 1.29 is 14.1 Å². The van der Waals surface area contributed by atoms with Crippen LogP contribution in [0.3, 0.4) is 0 Å². The Labute approximate surface area is 145 Å². The maximum Gasteiger partial charge on any atom is 0.338 e. The van der Waals surface area contributed by atoms with Gasteiger partial charge in [-0.25, -0.2) is 4.79 Å². The van der Waals surface area contributed by atoms with E-state index in [0.717, 1.165) is 12.1 Å². The molecule has 4 nitrogen and oxygen atoms in total. The van der Waals surface area contributed by atoms with Crippen LogP contribution >= 0.6 is 23.2 Å². The second kappa shape index (κ2) is 7.37. The zero-order chi connectivity index (χ0) is 17.1. The average Bonchev–Trinajstić information content (AvgIpc) is 2.89. The second-order valence-corrected chi connectivity index (χ2v) is 6.66. The first-order valence-corrected chi connectivity index (χ1v) is 8.16. The fraction of sp³-hybridized carbons (Fsp3) is 0.412. The lowest BCUT2D eigenvalue weighted by molar-refractivity contribution is 0.0487. The van der Waals surface area contributed by atoms with E-state index in [1.54, 1.807) is 13.0 Å². The van der Waals surface area contributed by atoms with E-state index in [4.69, 9.17) is 32.5 Å². The molecule has 0 unspecified atom stereocenters. The Balaban J connectivity index is 2.38. The summed E-state index contributed by atoms with van der Waals surface area (Å²) in [6, 6.07) is 3.28. The van der Waals surface area contributed by atoms with Crippen molar-refractivity contribution >= 4 is 29.2 Å². The smallest absolute Gasteiger partial charge is 0.338 e. The molecular formula is C17H19Cl2NO3. The van der Waals surface area contributed by atoms with Crippen molar-refractivity contribution in [1.82, 2.24) is 5.16 Å². The van der Waals surface area contributed by atoms with Crippen LogP contribution in [0.15, 0.2) is 16.7 Å². The molecule has 2 rings (SSSR count). The maximum absolute atomic E-state index is 12.3. The molecule has 0 aliphatic rings. The predicted octanol–water partition coefficient (Wildman–Crippen LogP) is 5.47. The molecule has 0 fully saturated rings. The van der Waals surface area contributed by atoms with Crippen LogP contribution in [-0.2, 0) is 4.74 Å². The molecule has 124 valence electrons. The fourth-order valence-corrected chi connectivity index (χ4v) is 2.66. The molecule has 23 heavy (non-hydrogen) atoms. The Kier molecular flexibility index (Phi) is 5.71. The number of benzene rings is 1. The number of nitrogens with zero attached hydrogens (tertiary/aromatic N) is 1. The van der Waals surface area contributed by atoms with Gasteiger partial charge in [-0.3, -0.25) is 0 Å². The molecule has 0 spiro atoms. The van der Waals surface area contributed by atoms with Crippen molar-refractivity contribution in [3.05, 3.63) is 39.0 Å². The van der Waals surface area contributed by atoms with Gasteiger partial charge in [0.1, 0.15) is 0 Å². The van der Waals surface area contributed by atoms with Crippen LogP contribution in [0.5, 0.6) is 0 Å². The molecule has 0 atom stereocenters. The van der Waals surface area contributed by atoms with Crippen molar-refractivity contribution in [2.24, 2.45) is 5.92 Å². The molecule has 0 saturated carbocycles. The third-order valence-electron chi connectivity index (χ3n) is 3.50. The normalized spacial score (nSPS) is 11.1. The van der Waals surface area contributed by atoms with E-state index in [1.165, 1.54) is 6.07 Å². The van der Waals surface area contributed by atoms with Gasteiger partial charge in [-0.1, -0.05) is 42.2 Å². The van der Waals surface area contributed by atoms with E-state index < -0.39 is 5.97 Å². The molecule has 0 aliphatic heterocycles. The van der Waals surface area contributed by atoms with Crippen molar-refractivity contribution in [3.63, 3.8) is 0 Å². The quantitative estimate of drug-likeness (QED) is 0.667. The van der Waals surface area contributed by atoms with Gasteiger partial charge in [-0.05, 0) is 37.8 Å². The highest BCUT2D eigenvalue weighted by Crippen LogP contribution is 2.38. The summed E-state index contributed by atoms with van der Waals surface area (Å²) in [5, 5.41) is 4.46. The summed E-state index contributed by atoms with van der Waals surface area (Å²) >= 11 is 12.5. The third-order valence-corrected chi connectivity index (χ3v) is 4.29. The molecule has 0 aliphatic carbocycles. The van der Waals surface area contributed by atoms with Crippen molar-refractivity contribution in [1.29, 1.82) is 0 Å². The predicted molar refractivity (Wildman–Crippen MR) is 91.2 cm³/mol. The minimum atomic E-state index is -0.417. The third kappa shape index (κ3) is 4.06. The number of ether oxygens (including phenoxy) is 1. The minimum Gasteiger partial charge on any atom is -0.462 e. The van der Waals surface area contributed by atoms with E-state index in [-0.39, 0.29) is 5.02 Å². The van der Waals surface area contributed by atoms with Crippen LogP contribution in [0.4, 0.5) is 0 Å². The first-order chi connectivity index (χ1) is 10.8. The average molecular weight is 356 g/mol. The SMILES string of the molecule is Cc1cc(-c2c(C)c(C(=O)OCCC(C)C)cc(Cl)c2Cl)on1. The summed E-state index contributed by atoms with van der Waals surface area (Å²) < 4.78 is 10.6. The fourth-order valence-electron chi connectivity index (χ4n) is 2.17. The van der Waals surface area contributed by atoms with Crippen molar-refractivity contribution in [2.45, 2.75) is 34.1 Å². The number of halogens is 2. The summed E-state index contributed by atoms with van der Waals surface area (Å²) in [6.07, 6.45) is 0.806. The topological polar surface area (TPSA) is 52.3 Å². The van der Waals surface area contributed by atoms with Gasteiger partial charge < -0.3 is 9.26 Å². The van der Waals surface area contributed by atoms with Crippen LogP contribution < -0.4 is 0 Å². The first-order valence-electron chi connectivity index (χ1n) is 7.40. The molecule has 2 aromatic rings. The second-order valence-electron chi connectivity index (χ2n) is 5.87. The van der Waals surface area contributed by atoms with E-state index in [9.17, 15) is 4.79 Å². The summed E-state index contributed by atoms with van der Waals surface area (Å²) in [7, 11) is 0. The molecule has 0 saturated heterocycles. The Morgan fingerprint density at radius 1 is 1.30 bits per heavy atom. The molecule has 0 N–H and O–H groups in total. The van der Waals surface area contributed by atoms with Crippen molar-refractivity contribution in [2.75, 3.05) is 6.61 Å². The summed E-state index contributed by atoms with van der Waals surface area (Å²) in [5.74, 6) is 0.522. The van der Waals surface area contributed by atoms with Gasteiger partial charge in [-0.2, -0.15) is 0 Å². The Morgan fingerprint density at radius 2 is 2.00 bits per heavy atom. The highest BCUT2D eigenvalue weighted by molar-refractivity contribution is 6.44. The zero-order valence-electron chi connectivity index (χ0n) is 13.6. The zero-order valence-corrected chi connectivity index (χ0v) is 15.1. The molecule has 0 bridgehead atoms. The van der Waals surface area contributed by atoms with Crippen LogP contribution in [0.25, 0.3) is 11.3 Å². The number of aryl methyl sites for hydroxylation is 1. The number of hydrogen-bond donors (Lipinski definition) is 0. The van der Waals surface area contributed by atoms with E-state index in [2.05, 4.69) is 19.0 Å². The lowest BCUT2D eigenvalue weighted by Gasteiger charge is -2.13. The van der Waals surface area contributed by atoms with Crippen LogP contribution in [0.2, 0.25) is 10.0 Å². The van der Waals surface area contributed by atoms with Gasteiger partial charge in [0.2, 0.25) is 0 Å². The van der Waals surface area contributed by atoms with E-state index in [0.29, 0.717) is 40.0 Å². The summed E-state index contributed by atoms with van der Waals surface area (Å²) in [6.45, 7) is 8.11. The Morgan fingerprint density at radius 3 is 2.57 bits per heavy atom. The number of rotatable bonds is 5. The largest absolute Gasteiger partial charge is 0.462 e. The lowest BCUT2D eigenvalue weighted by atomic mass is 10.00. The number of aromatic nitrogens is 1. The van der Waals surface area contributed by atoms with Gasteiger partial charge in [0.25, 0.3) is 0 Å². The Bertz CT molecular complexity index is 723. The van der Waals surface area contributed by atoms with E-state index >= 15 is 0 Å². The summed E-state index contributed by atoms with van der Waals surface area (Å²) in [4.78, 5) is 12.3. The van der Waals surface area contributed by atoms with E-state index in [1.807, 2.05) is 6.92 Å². The number of esters is 1. The van der Waals surface area contributed by atoms with Gasteiger partial charge in [-0.15, -0.1) is 0 Å². The number of carbonyl (C=O) groups is 1. The van der Waals surface area contributed by atoms with Crippen LogP contribution in [0.1, 0.15) is 41.9 Å². The van der Waals surface area contributed by atoms with Gasteiger partial charge in [0, 0.05) is 11.6 Å². The van der Waals surface area contributed by atoms with Crippen LogP contribution in [-0.4, -0.2) is 17.7 Å².